The molecule has 110 valence electrons. The van der Waals surface area contributed by atoms with Gasteiger partial charge in [-0.3, -0.25) is 14.7 Å². The van der Waals surface area contributed by atoms with Gasteiger partial charge in [-0.25, -0.2) is 0 Å². The highest BCUT2D eigenvalue weighted by molar-refractivity contribution is 7.09. The molecule has 3 heterocycles. The van der Waals surface area contributed by atoms with Gasteiger partial charge in [-0.15, -0.1) is 11.3 Å². The maximum Gasteiger partial charge on any atom is 0.226 e. The number of piperidine rings is 2. The topological polar surface area (TPSA) is 36.4 Å². The number of amides is 1. The van der Waals surface area contributed by atoms with E-state index in [1.54, 1.807) is 11.3 Å². The summed E-state index contributed by atoms with van der Waals surface area (Å²) < 4.78 is 0. The molecule has 1 amide bonds. The van der Waals surface area contributed by atoms with Crippen LogP contribution in [0.3, 0.4) is 0 Å². The first kappa shape index (κ1) is 14.0. The van der Waals surface area contributed by atoms with E-state index in [9.17, 15) is 4.79 Å². The Kier molecular flexibility index (Phi) is 4.68. The first-order valence-corrected chi connectivity index (χ1v) is 8.59. The molecule has 0 N–H and O–H groups in total. The summed E-state index contributed by atoms with van der Waals surface area (Å²) in [6.07, 6.45) is 7.80. The lowest BCUT2D eigenvalue weighted by atomic mass is 9.95. The normalized spacial score (nSPS) is 24.8. The molecule has 0 radical (unpaired) electrons. The van der Waals surface area contributed by atoms with Gasteiger partial charge < -0.3 is 4.90 Å². The van der Waals surface area contributed by atoms with E-state index in [-0.39, 0.29) is 5.92 Å². The number of carbonyl (C=O) groups is 1. The fourth-order valence-electron chi connectivity index (χ4n) is 3.31. The summed E-state index contributed by atoms with van der Waals surface area (Å²) in [6.45, 7) is 4.94. The number of nitrogens with zero attached hydrogens (tertiary/aromatic N) is 3. The Morgan fingerprint density at radius 3 is 2.85 bits per heavy atom. The first-order valence-electron chi connectivity index (χ1n) is 7.71. The molecule has 0 aromatic carbocycles. The number of hydrogen-bond acceptors (Lipinski definition) is 4. The van der Waals surface area contributed by atoms with Crippen LogP contribution >= 0.6 is 11.3 Å². The second kappa shape index (κ2) is 6.68. The van der Waals surface area contributed by atoms with Crippen LogP contribution in [0.2, 0.25) is 0 Å². The van der Waals surface area contributed by atoms with Crippen molar-refractivity contribution in [2.45, 2.75) is 38.6 Å². The van der Waals surface area contributed by atoms with Crippen molar-refractivity contribution >= 4 is 17.2 Å². The summed E-state index contributed by atoms with van der Waals surface area (Å²) in [5, 5.41) is 0. The average molecular weight is 293 g/mol. The maximum absolute atomic E-state index is 12.6. The fraction of sp³-hybridized carbons (Fsp3) is 0.733. The molecule has 5 heteroatoms. The highest BCUT2D eigenvalue weighted by atomic mass is 32.1. The number of aromatic nitrogens is 1. The Hall–Kier alpha value is -0.940. The standard InChI is InChI=1S/C15H23N3OS/c19-15(18-7-2-1-3-8-18)13-5-4-6-17(10-13)11-14-9-16-12-20-14/h9,12-13H,1-8,10-11H2. The second-order valence-electron chi connectivity index (χ2n) is 5.93. The highest BCUT2D eigenvalue weighted by Crippen LogP contribution is 2.23. The van der Waals surface area contributed by atoms with Crippen LogP contribution in [-0.4, -0.2) is 46.9 Å². The Labute approximate surface area is 124 Å². The molecule has 3 rings (SSSR count). The molecule has 1 atom stereocenters. The van der Waals surface area contributed by atoms with Crippen LogP contribution < -0.4 is 0 Å². The first-order chi connectivity index (χ1) is 9.83. The Morgan fingerprint density at radius 2 is 2.10 bits per heavy atom. The number of hydrogen-bond donors (Lipinski definition) is 0. The van der Waals surface area contributed by atoms with Crippen LogP contribution in [-0.2, 0) is 11.3 Å². The number of rotatable bonds is 3. The summed E-state index contributed by atoms with van der Waals surface area (Å²) >= 11 is 1.71. The largest absolute Gasteiger partial charge is 0.342 e. The molecule has 2 saturated heterocycles. The molecular formula is C15H23N3OS. The fourth-order valence-corrected chi connectivity index (χ4v) is 3.95. The predicted molar refractivity (Wildman–Crippen MR) is 80.5 cm³/mol. The lowest BCUT2D eigenvalue weighted by Crippen LogP contribution is -2.46. The van der Waals surface area contributed by atoms with Crippen LogP contribution in [0.1, 0.15) is 37.0 Å². The molecular weight excluding hydrogens is 270 g/mol. The van der Waals surface area contributed by atoms with Crippen LogP contribution in [0.15, 0.2) is 11.7 Å². The van der Waals surface area contributed by atoms with Crippen molar-refractivity contribution < 1.29 is 4.79 Å². The van der Waals surface area contributed by atoms with Crippen molar-refractivity contribution in [1.82, 2.24) is 14.8 Å². The summed E-state index contributed by atoms with van der Waals surface area (Å²) in [5.74, 6) is 0.619. The molecule has 0 spiro atoms. The van der Waals surface area contributed by atoms with Gasteiger partial charge in [0.1, 0.15) is 0 Å². The van der Waals surface area contributed by atoms with Gasteiger partial charge in [0.05, 0.1) is 11.4 Å². The zero-order valence-corrected chi connectivity index (χ0v) is 12.8. The number of likely N-dealkylation sites (tertiary alicyclic amines) is 2. The SMILES string of the molecule is O=C(C1CCCN(Cc2cncs2)C1)N1CCCCC1. The molecule has 0 bridgehead atoms. The van der Waals surface area contributed by atoms with E-state index in [1.165, 1.54) is 24.1 Å². The minimum Gasteiger partial charge on any atom is -0.342 e. The van der Waals surface area contributed by atoms with Crippen LogP contribution in [0, 0.1) is 5.92 Å². The van der Waals surface area contributed by atoms with Gasteiger partial charge in [0.15, 0.2) is 0 Å². The molecule has 20 heavy (non-hydrogen) atoms. The number of carbonyl (C=O) groups excluding carboxylic acids is 1. The van der Waals surface area contributed by atoms with Gasteiger partial charge in [-0.2, -0.15) is 0 Å². The zero-order valence-electron chi connectivity index (χ0n) is 12.0. The molecule has 0 saturated carbocycles. The van der Waals surface area contributed by atoms with E-state index >= 15 is 0 Å². The third-order valence-electron chi connectivity index (χ3n) is 4.39. The second-order valence-corrected chi connectivity index (χ2v) is 6.90. The highest BCUT2D eigenvalue weighted by Gasteiger charge is 2.29. The van der Waals surface area contributed by atoms with E-state index in [4.69, 9.17) is 0 Å². The molecule has 2 aliphatic rings. The van der Waals surface area contributed by atoms with Crippen molar-refractivity contribution in [3.05, 3.63) is 16.6 Å². The third-order valence-corrected chi connectivity index (χ3v) is 5.15. The van der Waals surface area contributed by atoms with Crippen molar-refractivity contribution in [1.29, 1.82) is 0 Å². The average Bonchev–Trinajstić information content (AvgIpc) is 3.01. The van der Waals surface area contributed by atoms with Crippen molar-refractivity contribution in [2.75, 3.05) is 26.2 Å². The molecule has 0 aliphatic carbocycles. The van der Waals surface area contributed by atoms with Crippen LogP contribution in [0.25, 0.3) is 0 Å². The van der Waals surface area contributed by atoms with Gasteiger partial charge in [0.25, 0.3) is 0 Å². The molecule has 2 fully saturated rings. The minimum atomic E-state index is 0.217. The van der Waals surface area contributed by atoms with Gasteiger partial charge in [0.2, 0.25) is 5.91 Å². The molecule has 2 aliphatic heterocycles. The quantitative estimate of drug-likeness (QED) is 0.858. The third kappa shape index (κ3) is 3.38. The summed E-state index contributed by atoms with van der Waals surface area (Å²) in [4.78, 5) is 22.5. The van der Waals surface area contributed by atoms with E-state index in [1.807, 2.05) is 11.7 Å². The number of thiazole rings is 1. The predicted octanol–water partition coefficient (Wildman–Crippen LogP) is 2.37. The lowest BCUT2D eigenvalue weighted by Gasteiger charge is -2.36. The Morgan fingerprint density at radius 1 is 1.25 bits per heavy atom. The summed E-state index contributed by atoms with van der Waals surface area (Å²) in [7, 11) is 0. The van der Waals surface area contributed by atoms with E-state index in [0.29, 0.717) is 5.91 Å². The van der Waals surface area contributed by atoms with Crippen LogP contribution in [0.4, 0.5) is 0 Å². The van der Waals surface area contributed by atoms with Crippen LogP contribution in [0.5, 0.6) is 0 Å². The van der Waals surface area contributed by atoms with Gasteiger partial charge in [0, 0.05) is 37.3 Å². The molecule has 1 aromatic heterocycles. The molecule has 1 unspecified atom stereocenters. The van der Waals surface area contributed by atoms with E-state index < -0.39 is 0 Å². The summed E-state index contributed by atoms with van der Waals surface area (Å²) in [6, 6.07) is 0. The maximum atomic E-state index is 12.6. The van der Waals surface area contributed by atoms with Crippen molar-refractivity contribution in [3.8, 4) is 0 Å². The smallest absolute Gasteiger partial charge is 0.226 e. The van der Waals surface area contributed by atoms with Crippen molar-refractivity contribution in [2.24, 2.45) is 5.92 Å². The Balaban J connectivity index is 1.55. The lowest BCUT2D eigenvalue weighted by molar-refractivity contribution is -0.138. The van der Waals surface area contributed by atoms with E-state index in [2.05, 4.69) is 14.8 Å². The monoisotopic (exact) mass is 293 g/mol. The zero-order chi connectivity index (χ0) is 13.8. The van der Waals surface area contributed by atoms with E-state index in [0.717, 1.165) is 45.6 Å². The molecule has 1 aromatic rings. The Bertz CT molecular complexity index is 428. The van der Waals surface area contributed by atoms with Gasteiger partial charge in [-0.1, -0.05) is 0 Å². The van der Waals surface area contributed by atoms with Gasteiger partial charge in [-0.05, 0) is 38.6 Å². The molecule has 4 nitrogen and oxygen atoms in total. The van der Waals surface area contributed by atoms with Gasteiger partial charge >= 0.3 is 0 Å². The summed E-state index contributed by atoms with van der Waals surface area (Å²) in [5.41, 5.74) is 1.88. The minimum absolute atomic E-state index is 0.217. The van der Waals surface area contributed by atoms with Crippen molar-refractivity contribution in [3.63, 3.8) is 0 Å².